The number of amides is 2. The highest BCUT2D eigenvalue weighted by molar-refractivity contribution is 7.99. The number of hydrogen-bond donors (Lipinski definition) is 2. The van der Waals surface area contributed by atoms with E-state index in [1.807, 2.05) is 37.5 Å². The van der Waals surface area contributed by atoms with Crippen LogP contribution in [0.25, 0.3) is 0 Å². The van der Waals surface area contributed by atoms with E-state index in [-0.39, 0.29) is 23.6 Å². The average Bonchev–Trinajstić information content (AvgIpc) is 3.17. The van der Waals surface area contributed by atoms with Crippen LogP contribution in [0.1, 0.15) is 41.6 Å². The van der Waals surface area contributed by atoms with Gasteiger partial charge in [-0.05, 0) is 57.2 Å². The standard InChI is InChI=1S/C22H24ClN5O2S/c1-4-28-20(15(3)24-21(30)16-7-5-14(2)6-8-16)26-27-22(28)31-13-19(29)25-18-11-9-17(23)10-12-18/h5-12,15H,4,13H2,1-3H3,(H,24,30)(H,25,29)/t15-/m0/s1. The molecule has 0 saturated heterocycles. The second kappa shape index (κ2) is 10.5. The number of benzene rings is 2. The first-order valence-electron chi connectivity index (χ1n) is 9.86. The van der Waals surface area contributed by atoms with Crippen LogP contribution in [-0.2, 0) is 11.3 Å². The molecule has 3 rings (SSSR count). The Morgan fingerprint density at radius 2 is 1.77 bits per heavy atom. The van der Waals surface area contributed by atoms with Crippen LogP contribution in [0, 0.1) is 6.92 Å². The molecular weight excluding hydrogens is 434 g/mol. The minimum absolute atomic E-state index is 0.153. The Labute approximate surface area is 190 Å². The maximum Gasteiger partial charge on any atom is 0.251 e. The normalized spacial score (nSPS) is 11.7. The van der Waals surface area contributed by atoms with E-state index in [9.17, 15) is 9.59 Å². The Morgan fingerprint density at radius 3 is 2.42 bits per heavy atom. The summed E-state index contributed by atoms with van der Waals surface area (Å²) < 4.78 is 1.90. The van der Waals surface area contributed by atoms with Crippen molar-refractivity contribution in [2.45, 2.75) is 38.5 Å². The highest BCUT2D eigenvalue weighted by atomic mass is 35.5. The lowest BCUT2D eigenvalue weighted by Crippen LogP contribution is -2.28. The fraction of sp³-hybridized carbons (Fsp3) is 0.273. The quantitative estimate of drug-likeness (QED) is 0.487. The zero-order chi connectivity index (χ0) is 22.4. The summed E-state index contributed by atoms with van der Waals surface area (Å²) in [7, 11) is 0. The minimum atomic E-state index is -0.335. The molecule has 162 valence electrons. The second-order valence-electron chi connectivity index (χ2n) is 6.99. The summed E-state index contributed by atoms with van der Waals surface area (Å²) in [6.07, 6.45) is 0. The molecule has 2 amide bonds. The van der Waals surface area contributed by atoms with Gasteiger partial charge in [-0.2, -0.15) is 0 Å². The van der Waals surface area contributed by atoms with Gasteiger partial charge in [-0.1, -0.05) is 41.1 Å². The van der Waals surface area contributed by atoms with E-state index in [1.165, 1.54) is 11.8 Å². The van der Waals surface area contributed by atoms with E-state index in [2.05, 4.69) is 20.8 Å². The Kier molecular flexibility index (Phi) is 7.70. The Morgan fingerprint density at radius 1 is 1.10 bits per heavy atom. The summed E-state index contributed by atoms with van der Waals surface area (Å²) in [6.45, 7) is 6.43. The van der Waals surface area contributed by atoms with Gasteiger partial charge < -0.3 is 15.2 Å². The molecule has 0 fully saturated rings. The topological polar surface area (TPSA) is 88.9 Å². The van der Waals surface area contributed by atoms with Crippen LogP contribution in [0.2, 0.25) is 5.02 Å². The van der Waals surface area contributed by atoms with Crippen molar-refractivity contribution in [3.63, 3.8) is 0 Å². The molecule has 1 aromatic heterocycles. The van der Waals surface area contributed by atoms with Crippen molar-refractivity contribution in [1.82, 2.24) is 20.1 Å². The Bertz CT molecular complexity index is 1050. The van der Waals surface area contributed by atoms with Gasteiger partial charge >= 0.3 is 0 Å². The number of thioether (sulfide) groups is 1. The highest BCUT2D eigenvalue weighted by Crippen LogP contribution is 2.21. The van der Waals surface area contributed by atoms with Crippen molar-refractivity contribution in [2.24, 2.45) is 0 Å². The number of halogens is 1. The van der Waals surface area contributed by atoms with Crippen LogP contribution in [0.5, 0.6) is 0 Å². The monoisotopic (exact) mass is 457 g/mol. The highest BCUT2D eigenvalue weighted by Gasteiger charge is 2.20. The van der Waals surface area contributed by atoms with Crippen molar-refractivity contribution < 1.29 is 9.59 Å². The number of aryl methyl sites for hydroxylation is 1. The van der Waals surface area contributed by atoms with E-state index in [0.29, 0.717) is 33.8 Å². The van der Waals surface area contributed by atoms with E-state index in [0.717, 1.165) is 5.56 Å². The lowest BCUT2D eigenvalue weighted by Gasteiger charge is -2.15. The zero-order valence-corrected chi connectivity index (χ0v) is 19.1. The molecule has 0 unspecified atom stereocenters. The third-order valence-electron chi connectivity index (χ3n) is 4.57. The predicted octanol–water partition coefficient (Wildman–Crippen LogP) is 4.48. The maximum absolute atomic E-state index is 12.5. The van der Waals surface area contributed by atoms with Gasteiger partial charge in [-0.3, -0.25) is 9.59 Å². The van der Waals surface area contributed by atoms with Crippen LogP contribution in [0.4, 0.5) is 5.69 Å². The number of rotatable bonds is 8. The molecule has 0 aliphatic rings. The number of hydrogen-bond acceptors (Lipinski definition) is 5. The number of nitrogens with one attached hydrogen (secondary N) is 2. The van der Waals surface area contributed by atoms with Gasteiger partial charge in [0.1, 0.15) is 0 Å². The van der Waals surface area contributed by atoms with Crippen LogP contribution in [0.15, 0.2) is 53.7 Å². The van der Waals surface area contributed by atoms with Gasteiger partial charge in [0.2, 0.25) is 5.91 Å². The average molecular weight is 458 g/mol. The second-order valence-corrected chi connectivity index (χ2v) is 8.37. The van der Waals surface area contributed by atoms with Crippen LogP contribution in [-0.4, -0.2) is 32.3 Å². The van der Waals surface area contributed by atoms with Gasteiger partial charge in [0.05, 0.1) is 11.8 Å². The van der Waals surface area contributed by atoms with Crippen LogP contribution >= 0.6 is 23.4 Å². The molecule has 31 heavy (non-hydrogen) atoms. The summed E-state index contributed by atoms with van der Waals surface area (Å²) >= 11 is 7.16. The molecule has 0 radical (unpaired) electrons. The summed E-state index contributed by atoms with van der Waals surface area (Å²) in [5.74, 6) is 0.503. The molecule has 1 heterocycles. The molecule has 0 aliphatic carbocycles. The molecule has 2 aromatic carbocycles. The van der Waals surface area contributed by atoms with Crippen molar-refractivity contribution >= 4 is 40.9 Å². The number of carbonyl (C=O) groups is 2. The lowest BCUT2D eigenvalue weighted by molar-refractivity contribution is -0.113. The van der Waals surface area contributed by atoms with Gasteiger partial charge in [0, 0.05) is 22.8 Å². The molecule has 0 saturated carbocycles. The number of anilines is 1. The third-order valence-corrected chi connectivity index (χ3v) is 5.79. The van der Waals surface area contributed by atoms with Crippen molar-refractivity contribution in [3.05, 3.63) is 70.5 Å². The molecule has 0 aliphatic heterocycles. The maximum atomic E-state index is 12.5. The molecule has 2 N–H and O–H groups in total. The minimum Gasteiger partial charge on any atom is -0.342 e. The number of nitrogens with zero attached hydrogens (tertiary/aromatic N) is 3. The van der Waals surface area contributed by atoms with E-state index >= 15 is 0 Å². The molecule has 3 aromatic rings. The zero-order valence-electron chi connectivity index (χ0n) is 17.6. The van der Waals surface area contributed by atoms with Crippen molar-refractivity contribution in [2.75, 3.05) is 11.1 Å². The Hall–Kier alpha value is -2.84. The molecule has 0 bridgehead atoms. The van der Waals surface area contributed by atoms with Gasteiger partial charge in [-0.25, -0.2) is 0 Å². The fourth-order valence-electron chi connectivity index (χ4n) is 2.93. The predicted molar refractivity (Wildman–Crippen MR) is 124 cm³/mol. The molecule has 7 nitrogen and oxygen atoms in total. The largest absolute Gasteiger partial charge is 0.342 e. The third kappa shape index (κ3) is 6.08. The van der Waals surface area contributed by atoms with E-state index in [4.69, 9.17) is 11.6 Å². The summed E-state index contributed by atoms with van der Waals surface area (Å²) in [5.41, 5.74) is 2.37. The van der Waals surface area contributed by atoms with Gasteiger partial charge in [-0.15, -0.1) is 10.2 Å². The van der Waals surface area contributed by atoms with Gasteiger partial charge in [0.25, 0.3) is 5.91 Å². The van der Waals surface area contributed by atoms with Crippen LogP contribution < -0.4 is 10.6 Å². The van der Waals surface area contributed by atoms with Crippen LogP contribution in [0.3, 0.4) is 0 Å². The first kappa shape index (κ1) is 22.8. The molecule has 9 heteroatoms. The smallest absolute Gasteiger partial charge is 0.251 e. The molecular formula is C22H24ClN5O2S. The first-order valence-corrected chi connectivity index (χ1v) is 11.2. The summed E-state index contributed by atoms with van der Waals surface area (Å²) in [4.78, 5) is 24.8. The lowest BCUT2D eigenvalue weighted by atomic mass is 10.1. The number of aromatic nitrogens is 3. The van der Waals surface area contributed by atoms with Crippen molar-refractivity contribution in [3.8, 4) is 0 Å². The first-order chi connectivity index (χ1) is 14.9. The Balaban J connectivity index is 1.61. The van der Waals surface area contributed by atoms with Gasteiger partial charge in [0.15, 0.2) is 11.0 Å². The fourth-order valence-corrected chi connectivity index (χ4v) is 3.87. The van der Waals surface area contributed by atoms with E-state index in [1.54, 1.807) is 36.4 Å². The molecule has 0 spiro atoms. The SMILES string of the molecule is CCn1c(SCC(=O)Nc2ccc(Cl)cc2)nnc1[C@H](C)NC(=O)c1ccc(C)cc1. The molecule has 1 atom stereocenters. The summed E-state index contributed by atoms with van der Waals surface area (Å²) in [5, 5.41) is 15.5. The number of carbonyl (C=O) groups excluding carboxylic acids is 2. The van der Waals surface area contributed by atoms with E-state index < -0.39 is 0 Å². The summed E-state index contributed by atoms with van der Waals surface area (Å²) in [6, 6.07) is 14.0. The van der Waals surface area contributed by atoms with Crippen molar-refractivity contribution in [1.29, 1.82) is 0 Å².